The maximum Gasteiger partial charge on any atom is 0.523 e. The third kappa shape index (κ3) is 5.07. The van der Waals surface area contributed by atoms with Crippen LogP contribution in [-0.4, -0.2) is 6.36 Å². The highest BCUT2D eigenvalue weighted by molar-refractivity contribution is 5.29. The van der Waals surface area contributed by atoms with Gasteiger partial charge in [-0.1, -0.05) is 49.4 Å². The highest BCUT2D eigenvalue weighted by Gasteiger charge is 2.33. The maximum atomic E-state index is 12.3. The van der Waals surface area contributed by atoms with Gasteiger partial charge in [-0.2, -0.15) is 0 Å². The SMILES string of the molecule is CCC(OC(F)(F)F)c1ccc(OCc2ccccc2)cc1. The molecule has 0 saturated heterocycles. The summed E-state index contributed by atoms with van der Waals surface area (Å²) in [5.41, 5.74) is 1.50. The molecule has 0 amide bonds. The second-order valence-corrected chi connectivity index (χ2v) is 4.80. The molecule has 0 fully saturated rings. The fourth-order valence-corrected chi connectivity index (χ4v) is 2.07. The van der Waals surface area contributed by atoms with Crippen molar-refractivity contribution in [1.29, 1.82) is 0 Å². The van der Waals surface area contributed by atoms with Gasteiger partial charge >= 0.3 is 6.36 Å². The van der Waals surface area contributed by atoms with Crippen LogP contribution in [0.4, 0.5) is 13.2 Å². The van der Waals surface area contributed by atoms with Crippen LogP contribution in [0.25, 0.3) is 0 Å². The first-order chi connectivity index (χ1) is 10.5. The number of hydrogen-bond donors (Lipinski definition) is 0. The lowest BCUT2D eigenvalue weighted by atomic mass is 10.1. The van der Waals surface area contributed by atoms with Crippen molar-refractivity contribution in [3.05, 3.63) is 65.7 Å². The predicted octanol–water partition coefficient (Wildman–Crippen LogP) is 5.25. The molecule has 0 aliphatic rings. The zero-order chi connectivity index (χ0) is 16.0. The van der Waals surface area contributed by atoms with Crippen LogP contribution in [-0.2, 0) is 11.3 Å². The number of rotatable bonds is 6. The summed E-state index contributed by atoms with van der Waals surface area (Å²) in [6.45, 7) is 2.06. The van der Waals surface area contributed by atoms with E-state index in [0.717, 1.165) is 5.56 Å². The summed E-state index contributed by atoms with van der Waals surface area (Å²) < 4.78 is 46.7. The summed E-state index contributed by atoms with van der Waals surface area (Å²) in [5.74, 6) is 0.606. The molecule has 1 atom stereocenters. The Hall–Kier alpha value is -2.01. The first kappa shape index (κ1) is 16.4. The van der Waals surface area contributed by atoms with Crippen LogP contribution in [0.2, 0.25) is 0 Å². The van der Waals surface area contributed by atoms with E-state index in [1.165, 1.54) is 0 Å². The predicted molar refractivity (Wildman–Crippen MR) is 77.4 cm³/mol. The second kappa shape index (κ2) is 7.31. The Bertz CT molecular complexity index is 565. The fraction of sp³-hybridized carbons (Fsp3) is 0.294. The van der Waals surface area contributed by atoms with E-state index in [2.05, 4.69) is 4.74 Å². The summed E-state index contributed by atoms with van der Waals surface area (Å²) in [5, 5.41) is 0. The Morgan fingerprint density at radius 3 is 2.14 bits per heavy atom. The van der Waals surface area contributed by atoms with Crippen LogP contribution in [0.15, 0.2) is 54.6 Å². The lowest BCUT2D eigenvalue weighted by Gasteiger charge is -2.18. The molecule has 2 nitrogen and oxygen atoms in total. The molecule has 0 aliphatic carbocycles. The summed E-state index contributed by atoms with van der Waals surface area (Å²) in [6.07, 6.45) is -5.39. The minimum absolute atomic E-state index is 0.240. The van der Waals surface area contributed by atoms with E-state index in [1.54, 1.807) is 31.2 Å². The largest absolute Gasteiger partial charge is 0.523 e. The molecule has 1 unspecified atom stereocenters. The third-order valence-electron chi connectivity index (χ3n) is 3.15. The molecule has 0 heterocycles. The Morgan fingerprint density at radius 1 is 0.955 bits per heavy atom. The molecule has 2 aromatic rings. The standard InChI is InChI=1S/C17H17F3O2/c1-2-16(22-17(18,19)20)14-8-10-15(11-9-14)21-12-13-6-4-3-5-7-13/h3-11,16H,2,12H2,1H3. The zero-order valence-corrected chi connectivity index (χ0v) is 12.1. The summed E-state index contributed by atoms with van der Waals surface area (Å²) >= 11 is 0. The van der Waals surface area contributed by atoms with Crippen LogP contribution >= 0.6 is 0 Å². The first-order valence-corrected chi connectivity index (χ1v) is 6.99. The molecule has 0 saturated carbocycles. The fourth-order valence-electron chi connectivity index (χ4n) is 2.07. The van der Waals surface area contributed by atoms with Gasteiger partial charge in [0.15, 0.2) is 0 Å². The van der Waals surface area contributed by atoms with Gasteiger partial charge in [0.05, 0.1) is 6.10 Å². The van der Waals surface area contributed by atoms with Gasteiger partial charge < -0.3 is 4.74 Å². The number of benzene rings is 2. The van der Waals surface area contributed by atoms with Crippen molar-refractivity contribution in [2.45, 2.75) is 32.4 Å². The van der Waals surface area contributed by atoms with E-state index in [-0.39, 0.29) is 6.42 Å². The molecule has 5 heteroatoms. The number of alkyl halides is 3. The number of halogens is 3. The topological polar surface area (TPSA) is 18.5 Å². The van der Waals surface area contributed by atoms with Gasteiger partial charge in [0, 0.05) is 0 Å². The average molecular weight is 310 g/mol. The van der Waals surface area contributed by atoms with E-state index in [0.29, 0.717) is 17.9 Å². The van der Waals surface area contributed by atoms with Gasteiger partial charge in [-0.05, 0) is 29.7 Å². The summed E-state index contributed by atoms with van der Waals surface area (Å²) in [4.78, 5) is 0. The van der Waals surface area contributed by atoms with Gasteiger partial charge in [0.25, 0.3) is 0 Å². The second-order valence-electron chi connectivity index (χ2n) is 4.80. The van der Waals surface area contributed by atoms with Gasteiger partial charge in [-0.15, -0.1) is 13.2 Å². The third-order valence-corrected chi connectivity index (χ3v) is 3.15. The van der Waals surface area contributed by atoms with E-state index in [4.69, 9.17) is 4.74 Å². The van der Waals surface area contributed by atoms with Crippen molar-refractivity contribution in [1.82, 2.24) is 0 Å². The summed E-state index contributed by atoms with van der Waals surface area (Å²) in [6, 6.07) is 16.1. The molecule has 0 bridgehead atoms. The average Bonchev–Trinajstić information content (AvgIpc) is 2.51. The van der Waals surface area contributed by atoms with Gasteiger partial charge in [-0.3, -0.25) is 4.74 Å². The normalized spacial score (nSPS) is 12.9. The van der Waals surface area contributed by atoms with Crippen molar-refractivity contribution in [2.24, 2.45) is 0 Å². The molecule has 0 N–H and O–H groups in total. The lowest BCUT2D eigenvalue weighted by molar-refractivity contribution is -0.345. The molecule has 0 aromatic heterocycles. The molecule has 2 aromatic carbocycles. The van der Waals surface area contributed by atoms with Crippen LogP contribution in [0.1, 0.15) is 30.6 Å². The summed E-state index contributed by atoms with van der Waals surface area (Å²) in [7, 11) is 0. The Labute approximate surface area is 127 Å². The molecule has 0 radical (unpaired) electrons. The first-order valence-electron chi connectivity index (χ1n) is 6.99. The lowest BCUT2D eigenvalue weighted by Crippen LogP contribution is -2.17. The van der Waals surface area contributed by atoms with Crippen molar-refractivity contribution in [3.8, 4) is 5.75 Å². The van der Waals surface area contributed by atoms with Crippen molar-refractivity contribution < 1.29 is 22.6 Å². The Morgan fingerprint density at radius 2 is 1.59 bits per heavy atom. The molecular weight excluding hydrogens is 293 g/mol. The molecule has 118 valence electrons. The molecular formula is C17H17F3O2. The maximum absolute atomic E-state index is 12.3. The highest BCUT2D eigenvalue weighted by Crippen LogP contribution is 2.30. The van der Waals surface area contributed by atoms with Crippen LogP contribution < -0.4 is 4.74 Å². The van der Waals surface area contributed by atoms with E-state index >= 15 is 0 Å². The molecule has 2 rings (SSSR count). The number of hydrogen-bond acceptors (Lipinski definition) is 2. The quantitative estimate of drug-likeness (QED) is 0.725. The van der Waals surface area contributed by atoms with Crippen LogP contribution in [0.3, 0.4) is 0 Å². The van der Waals surface area contributed by atoms with Crippen LogP contribution in [0.5, 0.6) is 5.75 Å². The van der Waals surface area contributed by atoms with Gasteiger partial charge in [-0.25, -0.2) is 0 Å². The van der Waals surface area contributed by atoms with Crippen molar-refractivity contribution in [3.63, 3.8) is 0 Å². The number of ether oxygens (including phenoxy) is 2. The van der Waals surface area contributed by atoms with E-state index in [9.17, 15) is 13.2 Å². The Balaban J connectivity index is 1.97. The van der Waals surface area contributed by atoms with Crippen molar-refractivity contribution in [2.75, 3.05) is 0 Å². The molecule has 0 spiro atoms. The molecule has 22 heavy (non-hydrogen) atoms. The minimum atomic E-state index is -4.64. The highest BCUT2D eigenvalue weighted by atomic mass is 19.4. The monoisotopic (exact) mass is 310 g/mol. The Kier molecular flexibility index (Phi) is 5.44. The van der Waals surface area contributed by atoms with Crippen molar-refractivity contribution >= 4 is 0 Å². The van der Waals surface area contributed by atoms with Crippen LogP contribution in [0, 0.1) is 0 Å². The van der Waals surface area contributed by atoms with Gasteiger partial charge in [0.1, 0.15) is 12.4 Å². The van der Waals surface area contributed by atoms with E-state index < -0.39 is 12.5 Å². The smallest absolute Gasteiger partial charge is 0.489 e. The van der Waals surface area contributed by atoms with Gasteiger partial charge in [0.2, 0.25) is 0 Å². The minimum Gasteiger partial charge on any atom is -0.489 e. The zero-order valence-electron chi connectivity index (χ0n) is 12.1. The molecule has 0 aliphatic heterocycles. The van der Waals surface area contributed by atoms with E-state index in [1.807, 2.05) is 30.3 Å².